The van der Waals surface area contributed by atoms with E-state index < -0.39 is 11.5 Å². The van der Waals surface area contributed by atoms with E-state index in [-0.39, 0.29) is 11.8 Å². The molecule has 4 nitrogen and oxygen atoms in total. The second kappa shape index (κ2) is 6.71. The molecule has 114 valence electrons. The van der Waals surface area contributed by atoms with Gasteiger partial charge in [0.15, 0.2) is 0 Å². The third-order valence-corrected chi connectivity index (χ3v) is 5.10. The Labute approximate surface area is 133 Å². The van der Waals surface area contributed by atoms with Crippen LogP contribution in [0.4, 0.5) is 0 Å². The fraction of sp³-hybridized carbons (Fsp3) is 0.467. The van der Waals surface area contributed by atoms with Gasteiger partial charge in [-0.05, 0) is 36.3 Å². The van der Waals surface area contributed by atoms with Crippen molar-refractivity contribution >= 4 is 35.2 Å². The zero-order chi connectivity index (χ0) is 15.5. The molecule has 1 amide bonds. The predicted octanol–water partition coefficient (Wildman–Crippen LogP) is 2.60. The third kappa shape index (κ3) is 3.92. The van der Waals surface area contributed by atoms with Crippen LogP contribution in [0.25, 0.3) is 0 Å². The molecule has 0 spiro atoms. The Hall–Kier alpha value is -1.20. The summed E-state index contributed by atoms with van der Waals surface area (Å²) in [5.41, 5.74) is -0.139. The average molecular weight is 328 g/mol. The molecule has 1 heterocycles. The fourth-order valence-electron chi connectivity index (χ4n) is 2.35. The number of hydrogen-bond acceptors (Lipinski definition) is 3. The van der Waals surface area contributed by atoms with Gasteiger partial charge in [-0.25, -0.2) is 4.79 Å². The Morgan fingerprint density at radius 1 is 1.52 bits per heavy atom. The quantitative estimate of drug-likeness (QED) is 0.872. The van der Waals surface area contributed by atoms with Crippen LogP contribution < -0.4 is 5.32 Å². The number of nitrogens with one attached hydrogen (secondary N) is 1. The first-order chi connectivity index (χ1) is 9.93. The van der Waals surface area contributed by atoms with Gasteiger partial charge in [-0.3, -0.25) is 4.79 Å². The number of halogens is 1. The molecule has 6 heteroatoms. The Morgan fingerprint density at radius 2 is 2.29 bits per heavy atom. The SMILES string of the molecule is CC(Cc1cccc(Cl)c1)C(=O)NC1(C(=O)O)CCSC1. The van der Waals surface area contributed by atoms with Crippen LogP contribution in [0.3, 0.4) is 0 Å². The first-order valence-corrected chi connectivity index (χ1v) is 8.34. The molecule has 2 rings (SSSR count). The standard InChI is InChI=1S/C15H18ClNO3S/c1-10(7-11-3-2-4-12(16)8-11)13(18)17-15(14(19)20)5-6-21-9-15/h2-4,8,10H,5-7,9H2,1H3,(H,17,18)(H,19,20). The molecule has 1 aromatic rings. The van der Waals surface area contributed by atoms with Gasteiger partial charge in [0.25, 0.3) is 0 Å². The molecular weight excluding hydrogens is 310 g/mol. The van der Waals surface area contributed by atoms with Gasteiger partial charge in [0, 0.05) is 16.7 Å². The summed E-state index contributed by atoms with van der Waals surface area (Å²) < 4.78 is 0. The van der Waals surface area contributed by atoms with Crippen molar-refractivity contribution in [3.8, 4) is 0 Å². The molecule has 0 aliphatic carbocycles. The van der Waals surface area contributed by atoms with Gasteiger partial charge in [0.1, 0.15) is 5.54 Å². The van der Waals surface area contributed by atoms with Crippen LogP contribution in [0.1, 0.15) is 18.9 Å². The molecule has 2 atom stereocenters. The van der Waals surface area contributed by atoms with E-state index in [1.165, 1.54) is 0 Å². The molecule has 0 saturated carbocycles. The molecule has 0 aromatic heterocycles. The number of thioether (sulfide) groups is 1. The van der Waals surface area contributed by atoms with Gasteiger partial charge in [0.2, 0.25) is 5.91 Å². The summed E-state index contributed by atoms with van der Waals surface area (Å²) >= 11 is 7.48. The number of aliphatic carboxylic acids is 1. The van der Waals surface area contributed by atoms with Crippen LogP contribution in [0.2, 0.25) is 5.02 Å². The number of rotatable bonds is 5. The molecule has 1 aromatic carbocycles. The van der Waals surface area contributed by atoms with E-state index in [0.717, 1.165) is 11.3 Å². The smallest absolute Gasteiger partial charge is 0.330 e. The van der Waals surface area contributed by atoms with E-state index in [1.807, 2.05) is 18.2 Å². The summed E-state index contributed by atoms with van der Waals surface area (Å²) in [4.78, 5) is 23.7. The average Bonchev–Trinajstić information content (AvgIpc) is 2.88. The number of carbonyl (C=O) groups is 2. The molecule has 1 saturated heterocycles. The van der Waals surface area contributed by atoms with E-state index in [2.05, 4.69) is 5.32 Å². The summed E-state index contributed by atoms with van der Waals surface area (Å²) in [5, 5.41) is 12.7. The molecule has 1 aliphatic heterocycles. The monoisotopic (exact) mass is 327 g/mol. The number of hydrogen-bond donors (Lipinski definition) is 2. The van der Waals surface area contributed by atoms with Gasteiger partial charge in [-0.2, -0.15) is 11.8 Å². The van der Waals surface area contributed by atoms with Gasteiger partial charge in [-0.15, -0.1) is 0 Å². The minimum absolute atomic E-state index is 0.222. The predicted molar refractivity (Wildman–Crippen MR) is 84.8 cm³/mol. The van der Waals surface area contributed by atoms with Crippen LogP contribution in [0, 0.1) is 5.92 Å². The number of amides is 1. The molecule has 1 fully saturated rings. The number of benzene rings is 1. The van der Waals surface area contributed by atoms with Gasteiger partial charge < -0.3 is 10.4 Å². The molecule has 21 heavy (non-hydrogen) atoms. The second-order valence-electron chi connectivity index (χ2n) is 5.41. The van der Waals surface area contributed by atoms with E-state index >= 15 is 0 Å². The Balaban J connectivity index is 2.01. The highest BCUT2D eigenvalue weighted by atomic mass is 35.5. The molecule has 1 aliphatic rings. The fourth-order valence-corrected chi connectivity index (χ4v) is 3.89. The van der Waals surface area contributed by atoms with Crippen LogP contribution >= 0.6 is 23.4 Å². The van der Waals surface area contributed by atoms with Gasteiger partial charge in [0.05, 0.1) is 0 Å². The van der Waals surface area contributed by atoms with Crippen LogP contribution in [0.15, 0.2) is 24.3 Å². The topological polar surface area (TPSA) is 66.4 Å². The summed E-state index contributed by atoms with van der Waals surface area (Å²) in [6.07, 6.45) is 1.01. The first-order valence-electron chi connectivity index (χ1n) is 6.80. The zero-order valence-corrected chi connectivity index (χ0v) is 13.3. The number of carbonyl (C=O) groups excluding carboxylic acids is 1. The lowest BCUT2D eigenvalue weighted by molar-refractivity contribution is -0.147. The normalized spacial score (nSPS) is 22.8. The van der Waals surface area contributed by atoms with Crippen molar-refractivity contribution < 1.29 is 14.7 Å². The first kappa shape index (κ1) is 16.2. The van der Waals surface area contributed by atoms with E-state index in [9.17, 15) is 14.7 Å². The largest absolute Gasteiger partial charge is 0.479 e. The second-order valence-corrected chi connectivity index (χ2v) is 6.96. The lowest BCUT2D eigenvalue weighted by atomic mass is 9.95. The summed E-state index contributed by atoms with van der Waals surface area (Å²) in [6, 6.07) is 7.36. The zero-order valence-electron chi connectivity index (χ0n) is 11.8. The highest BCUT2D eigenvalue weighted by Crippen LogP contribution is 2.28. The number of carboxylic acid groups (broad SMARTS) is 1. The van der Waals surface area contributed by atoms with Crippen LogP contribution in [-0.2, 0) is 16.0 Å². The van der Waals surface area contributed by atoms with Gasteiger partial charge >= 0.3 is 5.97 Å². The third-order valence-electron chi connectivity index (χ3n) is 3.67. The maximum absolute atomic E-state index is 12.3. The van der Waals surface area contributed by atoms with Gasteiger partial charge in [-0.1, -0.05) is 30.7 Å². The molecular formula is C15H18ClNO3S. The van der Waals surface area contributed by atoms with Crippen molar-refractivity contribution in [1.29, 1.82) is 0 Å². The van der Waals surface area contributed by atoms with Crippen molar-refractivity contribution in [1.82, 2.24) is 5.32 Å². The van der Waals surface area contributed by atoms with E-state index in [0.29, 0.717) is 23.6 Å². The highest BCUT2D eigenvalue weighted by molar-refractivity contribution is 7.99. The summed E-state index contributed by atoms with van der Waals surface area (Å²) in [6.45, 7) is 1.80. The Bertz CT molecular complexity index is 543. The number of carboxylic acids is 1. The van der Waals surface area contributed by atoms with Crippen molar-refractivity contribution in [2.75, 3.05) is 11.5 Å². The van der Waals surface area contributed by atoms with E-state index in [4.69, 9.17) is 11.6 Å². The lowest BCUT2D eigenvalue weighted by Gasteiger charge is -2.26. The summed E-state index contributed by atoms with van der Waals surface area (Å²) in [7, 11) is 0. The molecule has 2 unspecified atom stereocenters. The van der Waals surface area contributed by atoms with Crippen molar-refractivity contribution in [3.05, 3.63) is 34.9 Å². The maximum atomic E-state index is 12.3. The molecule has 0 bridgehead atoms. The van der Waals surface area contributed by atoms with Crippen LogP contribution in [-0.4, -0.2) is 34.0 Å². The van der Waals surface area contributed by atoms with Crippen LogP contribution in [0.5, 0.6) is 0 Å². The highest BCUT2D eigenvalue weighted by Gasteiger charge is 2.43. The van der Waals surface area contributed by atoms with Crippen molar-refractivity contribution in [2.45, 2.75) is 25.3 Å². The molecule has 0 radical (unpaired) electrons. The molecule has 2 N–H and O–H groups in total. The minimum Gasteiger partial charge on any atom is -0.479 e. The maximum Gasteiger partial charge on any atom is 0.330 e. The van der Waals surface area contributed by atoms with Crippen molar-refractivity contribution in [2.24, 2.45) is 5.92 Å². The minimum atomic E-state index is -1.11. The Kier molecular flexibility index (Phi) is 5.17. The Morgan fingerprint density at radius 3 is 2.86 bits per heavy atom. The summed E-state index contributed by atoms with van der Waals surface area (Å²) in [5.74, 6) is -0.284. The van der Waals surface area contributed by atoms with E-state index in [1.54, 1.807) is 24.8 Å². The lowest BCUT2D eigenvalue weighted by Crippen LogP contribution is -2.56. The van der Waals surface area contributed by atoms with Crippen molar-refractivity contribution in [3.63, 3.8) is 0 Å².